The highest BCUT2D eigenvalue weighted by Gasteiger charge is 2.34. The van der Waals surface area contributed by atoms with Crippen LogP contribution < -0.4 is 15.5 Å². The molecule has 0 bridgehead atoms. The first kappa shape index (κ1) is 20.2. The Morgan fingerprint density at radius 3 is 2.57 bits per heavy atom. The number of pyridine rings is 1. The third-order valence-electron chi connectivity index (χ3n) is 4.30. The predicted octanol–water partition coefficient (Wildman–Crippen LogP) is 3.69. The maximum atomic E-state index is 13.3. The summed E-state index contributed by atoms with van der Waals surface area (Å²) in [4.78, 5) is 17.9. The lowest BCUT2D eigenvalue weighted by atomic mass is 10.1. The highest BCUT2D eigenvalue weighted by Crippen LogP contribution is 2.37. The van der Waals surface area contributed by atoms with Gasteiger partial charge < -0.3 is 20.3 Å². The van der Waals surface area contributed by atoms with Gasteiger partial charge in [0, 0.05) is 32.0 Å². The molecule has 3 rings (SSSR count). The van der Waals surface area contributed by atoms with Gasteiger partial charge in [-0.25, -0.2) is 4.98 Å². The van der Waals surface area contributed by atoms with Crippen LogP contribution >= 0.6 is 11.6 Å². The van der Waals surface area contributed by atoms with E-state index in [4.69, 9.17) is 16.3 Å². The highest BCUT2D eigenvalue weighted by molar-refractivity contribution is 6.29. The van der Waals surface area contributed by atoms with E-state index in [-0.39, 0.29) is 22.1 Å². The molecule has 1 amide bonds. The first-order chi connectivity index (χ1) is 13.3. The molecular weight excluding hydrogens is 397 g/mol. The fraction of sp³-hybridized carbons (Fsp3) is 0.333. The summed E-state index contributed by atoms with van der Waals surface area (Å²) in [5, 5.41) is 5.10. The molecule has 1 fully saturated rings. The van der Waals surface area contributed by atoms with E-state index in [9.17, 15) is 18.0 Å². The number of anilines is 3. The van der Waals surface area contributed by atoms with Crippen molar-refractivity contribution in [3.05, 3.63) is 46.7 Å². The summed E-state index contributed by atoms with van der Waals surface area (Å²) in [6.07, 6.45) is -3.97. The summed E-state index contributed by atoms with van der Waals surface area (Å²) in [6, 6.07) is 6.04. The average molecular weight is 415 g/mol. The van der Waals surface area contributed by atoms with Crippen LogP contribution in [0.5, 0.6) is 0 Å². The second-order valence-corrected chi connectivity index (χ2v) is 6.47. The third kappa shape index (κ3) is 4.48. The molecule has 0 radical (unpaired) electrons. The monoisotopic (exact) mass is 414 g/mol. The zero-order valence-electron chi connectivity index (χ0n) is 14.9. The molecule has 0 saturated carbocycles. The number of nitrogens with zero attached hydrogens (tertiary/aromatic N) is 2. The van der Waals surface area contributed by atoms with E-state index in [2.05, 4.69) is 15.6 Å². The molecule has 150 valence electrons. The minimum absolute atomic E-state index is 0.0954. The standard InChI is InChI=1S/C18H18ClF3N4O2/c1-23-17(27)12-8-11(26-4-6-28-7-5-26)2-3-14(12)25-15-9-16(19)24-10-13(15)18(20,21)22/h2-3,8-10H,4-7H2,1H3,(H,23,27)(H,24,25). The van der Waals surface area contributed by atoms with Crippen LogP contribution in [0.25, 0.3) is 0 Å². The van der Waals surface area contributed by atoms with Crippen molar-refractivity contribution >= 4 is 34.6 Å². The molecule has 0 unspecified atom stereocenters. The zero-order valence-corrected chi connectivity index (χ0v) is 15.7. The molecule has 1 aromatic carbocycles. The van der Waals surface area contributed by atoms with E-state index in [1.54, 1.807) is 18.2 Å². The summed E-state index contributed by atoms with van der Waals surface area (Å²) in [5.41, 5.74) is -0.0262. The first-order valence-corrected chi connectivity index (χ1v) is 8.86. The fourth-order valence-electron chi connectivity index (χ4n) is 2.89. The Morgan fingerprint density at radius 1 is 1.21 bits per heavy atom. The van der Waals surface area contributed by atoms with Crippen LogP contribution in [-0.4, -0.2) is 44.2 Å². The van der Waals surface area contributed by atoms with Gasteiger partial charge in [0.25, 0.3) is 5.91 Å². The maximum absolute atomic E-state index is 13.3. The highest BCUT2D eigenvalue weighted by atomic mass is 35.5. The molecule has 2 heterocycles. The second-order valence-electron chi connectivity index (χ2n) is 6.08. The molecule has 1 aliphatic rings. The number of amides is 1. The van der Waals surface area contributed by atoms with E-state index in [0.29, 0.717) is 32.5 Å². The van der Waals surface area contributed by atoms with Gasteiger partial charge >= 0.3 is 6.18 Å². The van der Waals surface area contributed by atoms with Crippen molar-refractivity contribution in [3.63, 3.8) is 0 Å². The molecular formula is C18H18ClF3N4O2. The molecule has 0 aliphatic carbocycles. The lowest BCUT2D eigenvalue weighted by Crippen LogP contribution is -2.36. The predicted molar refractivity (Wildman–Crippen MR) is 100 cm³/mol. The molecule has 10 heteroatoms. The van der Waals surface area contributed by atoms with Gasteiger partial charge in [-0.05, 0) is 24.3 Å². The number of carbonyl (C=O) groups excluding carboxylic acids is 1. The fourth-order valence-corrected chi connectivity index (χ4v) is 3.04. The summed E-state index contributed by atoms with van der Waals surface area (Å²) in [7, 11) is 1.46. The van der Waals surface area contributed by atoms with Crippen molar-refractivity contribution < 1.29 is 22.7 Å². The molecule has 2 aromatic rings. The van der Waals surface area contributed by atoms with Gasteiger partial charge in [0.05, 0.1) is 35.7 Å². The Bertz CT molecular complexity index is 870. The Labute approximate surface area is 164 Å². The number of ether oxygens (including phenoxy) is 1. The number of halogens is 4. The molecule has 0 atom stereocenters. The first-order valence-electron chi connectivity index (χ1n) is 8.48. The summed E-state index contributed by atoms with van der Waals surface area (Å²) in [6.45, 7) is 2.47. The van der Waals surface area contributed by atoms with Crippen molar-refractivity contribution in [2.45, 2.75) is 6.18 Å². The van der Waals surface area contributed by atoms with Gasteiger partial charge in [-0.15, -0.1) is 0 Å². The maximum Gasteiger partial charge on any atom is 0.419 e. The van der Waals surface area contributed by atoms with Crippen LogP contribution in [0.15, 0.2) is 30.5 Å². The second kappa shape index (κ2) is 8.24. The van der Waals surface area contributed by atoms with E-state index >= 15 is 0 Å². The topological polar surface area (TPSA) is 66.5 Å². The number of aromatic nitrogens is 1. The number of hydrogen-bond acceptors (Lipinski definition) is 5. The lowest BCUT2D eigenvalue weighted by molar-refractivity contribution is -0.137. The van der Waals surface area contributed by atoms with Gasteiger partial charge in [0.1, 0.15) is 5.15 Å². The quantitative estimate of drug-likeness (QED) is 0.747. The number of hydrogen-bond donors (Lipinski definition) is 2. The van der Waals surface area contributed by atoms with Crippen LogP contribution in [0, 0.1) is 0 Å². The minimum Gasteiger partial charge on any atom is -0.378 e. The molecule has 6 nitrogen and oxygen atoms in total. The van der Waals surface area contributed by atoms with Gasteiger partial charge in [-0.2, -0.15) is 13.2 Å². The van der Waals surface area contributed by atoms with Crippen molar-refractivity contribution in [2.24, 2.45) is 0 Å². The molecule has 0 spiro atoms. The minimum atomic E-state index is -4.62. The lowest BCUT2D eigenvalue weighted by Gasteiger charge is -2.29. The van der Waals surface area contributed by atoms with E-state index < -0.39 is 17.6 Å². The van der Waals surface area contributed by atoms with E-state index in [1.807, 2.05) is 4.90 Å². The van der Waals surface area contributed by atoms with Crippen LogP contribution in [0.1, 0.15) is 15.9 Å². The average Bonchev–Trinajstić information content (AvgIpc) is 2.67. The Hall–Kier alpha value is -2.52. The molecule has 1 aliphatic heterocycles. The van der Waals surface area contributed by atoms with Gasteiger partial charge in [-0.1, -0.05) is 11.6 Å². The molecule has 2 N–H and O–H groups in total. The van der Waals surface area contributed by atoms with Crippen molar-refractivity contribution in [2.75, 3.05) is 43.6 Å². The normalized spacial score (nSPS) is 14.7. The number of alkyl halides is 3. The Morgan fingerprint density at radius 2 is 1.93 bits per heavy atom. The van der Waals surface area contributed by atoms with Gasteiger partial charge in [-0.3, -0.25) is 4.79 Å². The van der Waals surface area contributed by atoms with Crippen LogP contribution in [0.3, 0.4) is 0 Å². The van der Waals surface area contributed by atoms with Gasteiger partial charge in [0.15, 0.2) is 0 Å². The molecule has 28 heavy (non-hydrogen) atoms. The number of benzene rings is 1. The number of rotatable bonds is 4. The Balaban J connectivity index is 2.00. The summed E-state index contributed by atoms with van der Waals surface area (Å²) < 4.78 is 45.2. The third-order valence-corrected chi connectivity index (χ3v) is 4.50. The van der Waals surface area contributed by atoms with Crippen LogP contribution in [-0.2, 0) is 10.9 Å². The molecule has 1 aromatic heterocycles. The summed E-state index contributed by atoms with van der Waals surface area (Å²) in [5.74, 6) is -0.425. The SMILES string of the molecule is CNC(=O)c1cc(N2CCOCC2)ccc1Nc1cc(Cl)ncc1C(F)(F)F. The molecule has 1 saturated heterocycles. The smallest absolute Gasteiger partial charge is 0.378 e. The number of morpholine rings is 1. The van der Waals surface area contributed by atoms with Crippen LogP contribution in [0.2, 0.25) is 5.15 Å². The van der Waals surface area contributed by atoms with Crippen molar-refractivity contribution in [1.82, 2.24) is 10.3 Å². The largest absolute Gasteiger partial charge is 0.419 e. The summed E-state index contributed by atoms with van der Waals surface area (Å²) >= 11 is 5.77. The Kier molecular flexibility index (Phi) is 5.95. The number of nitrogens with one attached hydrogen (secondary N) is 2. The van der Waals surface area contributed by atoms with Crippen LogP contribution in [0.4, 0.5) is 30.2 Å². The zero-order chi connectivity index (χ0) is 20.3. The van der Waals surface area contributed by atoms with Crippen molar-refractivity contribution in [3.8, 4) is 0 Å². The van der Waals surface area contributed by atoms with E-state index in [0.717, 1.165) is 11.8 Å². The van der Waals surface area contributed by atoms with Gasteiger partial charge in [0.2, 0.25) is 0 Å². The van der Waals surface area contributed by atoms with E-state index in [1.165, 1.54) is 7.05 Å². The number of carbonyl (C=O) groups is 1. The van der Waals surface area contributed by atoms with Crippen molar-refractivity contribution in [1.29, 1.82) is 0 Å².